The third-order valence-electron chi connectivity index (χ3n) is 1.50. The van der Waals surface area contributed by atoms with E-state index in [2.05, 4.69) is 11.3 Å². The highest BCUT2D eigenvalue weighted by molar-refractivity contribution is 5.86. The molecule has 0 aromatic carbocycles. The first-order valence-corrected chi connectivity index (χ1v) is 5.05. The van der Waals surface area contributed by atoms with E-state index in [1.807, 2.05) is 0 Å². The minimum absolute atomic E-state index is 0. The van der Waals surface area contributed by atoms with Gasteiger partial charge in [0.1, 0.15) is 12.7 Å². The summed E-state index contributed by atoms with van der Waals surface area (Å²) >= 11 is 0. The number of carbonyl (C=O) groups excluding carboxylic acids is 2. The number of epoxide rings is 1. The number of ether oxygens (including phenoxy) is 3. The zero-order valence-electron chi connectivity index (χ0n) is 9.95. The Kier molecular flexibility index (Phi) is 10.4. The second kappa shape index (κ2) is 9.84. The third-order valence-corrected chi connectivity index (χ3v) is 1.50. The molecule has 1 fully saturated rings. The SMILES string of the molecule is C.C=C(C)C(=O)OCC1CO1.CCOC(C)=O. The van der Waals surface area contributed by atoms with Crippen LogP contribution >= 0.6 is 0 Å². The Bertz CT molecular complexity index is 256. The number of carbonyl (C=O) groups is 2. The van der Waals surface area contributed by atoms with E-state index in [-0.39, 0.29) is 25.5 Å². The summed E-state index contributed by atoms with van der Waals surface area (Å²) in [5, 5.41) is 0. The maximum atomic E-state index is 10.7. The molecule has 1 aliphatic rings. The highest BCUT2D eigenvalue weighted by Crippen LogP contribution is 2.09. The monoisotopic (exact) mass is 246 g/mol. The molecule has 0 bridgehead atoms. The van der Waals surface area contributed by atoms with E-state index in [0.717, 1.165) is 0 Å². The zero-order valence-corrected chi connectivity index (χ0v) is 9.95. The molecule has 1 heterocycles. The fraction of sp³-hybridized carbons (Fsp3) is 0.667. The minimum Gasteiger partial charge on any atom is -0.466 e. The van der Waals surface area contributed by atoms with Gasteiger partial charge in [-0.15, -0.1) is 0 Å². The van der Waals surface area contributed by atoms with E-state index in [1.165, 1.54) is 6.92 Å². The lowest BCUT2D eigenvalue weighted by Crippen LogP contribution is -2.09. The molecule has 0 aliphatic carbocycles. The van der Waals surface area contributed by atoms with Gasteiger partial charge in [-0.25, -0.2) is 4.79 Å². The van der Waals surface area contributed by atoms with Crippen molar-refractivity contribution in [3.05, 3.63) is 12.2 Å². The van der Waals surface area contributed by atoms with E-state index < -0.39 is 0 Å². The quantitative estimate of drug-likeness (QED) is 0.429. The van der Waals surface area contributed by atoms with Crippen molar-refractivity contribution in [3.63, 3.8) is 0 Å². The van der Waals surface area contributed by atoms with Gasteiger partial charge in [0, 0.05) is 12.5 Å². The van der Waals surface area contributed by atoms with Crippen molar-refractivity contribution in [2.75, 3.05) is 19.8 Å². The molecule has 1 saturated heterocycles. The summed E-state index contributed by atoms with van der Waals surface area (Å²) in [5.74, 6) is -0.548. The Morgan fingerprint density at radius 3 is 2.12 bits per heavy atom. The molecule has 0 saturated carbocycles. The average Bonchev–Trinajstić information content (AvgIpc) is 2.98. The van der Waals surface area contributed by atoms with Crippen molar-refractivity contribution in [2.24, 2.45) is 0 Å². The zero-order chi connectivity index (χ0) is 12.6. The van der Waals surface area contributed by atoms with Crippen LogP contribution in [-0.2, 0) is 23.8 Å². The Morgan fingerprint density at radius 1 is 1.35 bits per heavy atom. The van der Waals surface area contributed by atoms with Crippen LogP contribution in [0.25, 0.3) is 0 Å². The van der Waals surface area contributed by atoms with Crippen LogP contribution in [0.2, 0.25) is 0 Å². The molecule has 100 valence electrons. The summed E-state index contributed by atoms with van der Waals surface area (Å²) in [7, 11) is 0. The maximum Gasteiger partial charge on any atom is 0.333 e. The van der Waals surface area contributed by atoms with Gasteiger partial charge < -0.3 is 14.2 Å². The van der Waals surface area contributed by atoms with E-state index >= 15 is 0 Å². The van der Waals surface area contributed by atoms with Gasteiger partial charge >= 0.3 is 11.9 Å². The van der Waals surface area contributed by atoms with Crippen LogP contribution in [0.4, 0.5) is 0 Å². The molecule has 17 heavy (non-hydrogen) atoms. The normalized spacial score (nSPS) is 15.6. The number of rotatable bonds is 4. The molecular weight excluding hydrogens is 224 g/mol. The fourth-order valence-electron chi connectivity index (χ4n) is 0.659. The van der Waals surface area contributed by atoms with Crippen LogP contribution in [0.15, 0.2) is 12.2 Å². The molecule has 5 nitrogen and oxygen atoms in total. The molecule has 0 aromatic heterocycles. The van der Waals surface area contributed by atoms with Gasteiger partial charge in [-0.2, -0.15) is 0 Å². The fourth-order valence-corrected chi connectivity index (χ4v) is 0.659. The summed E-state index contributed by atoms with van der Waals surface area (Å²) in [4.78, 5) is 20.5. The molecule has 1 atom stereocenters. The molecular formula is C12H22O5. The van der Waals surface area contributed by atoms with Crippen LogP contribution in [-0.4, -0.2) is 37.9 Å². The van der Waals surface area contributed by atoms with Crippen molar-refractivity contribution < 1.29 is 23.8 Å². The first kappa shape index (κ1) is 18.0. The molecule has 0 spiro atoms. The van der Waals surface area contributed by atoms with Gasteiger partial charge in [0.05, 0.1) is 13.2 Å². The number of esters is 2. The first-order valence-electron chi connectivity index (χ1n) is 5.05. The van der Waals surface area contributed by atoms with E-state index in [0.29, 0.717) is 25.4 Å². The summed E-state index contributed by atoms with van der Waals surface area (Å²) in [6.45, 7) is 9.79. The number of hydrogen-bond acceptors (Lipinski definition) is 5. The topological polar surface area (TPSA) is 65.1 Å². The standard InChI is InChI=1S/C7H10O3.C4H8O2.CH4/c1-5(2)7(8)10-4-6-3-9-6;1-3-6-4(2)5;/h6H,1,3-4H2,2H3;3H2,1-2H3;1H4. The van der Waals surface area contributed by atoms with Gasteiger partial charge in [0.25, 0.3) is 0 Å². The summed E-state index contributed by atoms with van der Waals surface area (Å²) in [5.41, 5.74) is 0.431. The van der Waals surface area contributed by atoms with E-state index in [9.17, 15) is 9.59 Å². The first-order chi connectivity index (χ1) is 7.47. The van der Waals surface area contributed by atoms with Crippen LogP contribution in [0.1, 0.15) is 28.2 Å². The largest absolute Gasteiger partial charge is 0.466 e. The van der Waals surface area contributed by atoms with Gasteiger partial charge in [0.15, 0.2) is 0 Å². The van der Waals surface area contributed by atoms with Gasteiger partial charge in [-0.3, -0.25) is 4.79 Å². The molecule has 0 aromatic rings. The predicted octanol–water partition coefficient (Wildman–Crippen LogP) is 1.71. The number of hydrogen-bond donors (Lipinski definition) is 0. The Hall–Kier alpha value is -1.36. The molecule has 0 radical (unpaired) electrons. The van der Waals surface area contributed by atoms with E-state index in [4.69, 9.17) is 9.47 Å². The highest BCUT2D eigenvalue weighted by Gasteiger charge is 2.24. The minimum atomic E-state index is -0.337. The van der Waals surface area contributed by atoms with Gasteiger partial charge in [0.2, 0.25) is 0 Å². The van der Waals surface area contributed by atoms with Crippen molar-refractivity contribution in [1.29, 1.82) is 0 Å². The second-order valence-electron chi connectivity index (χ2n) is 3.26. The van der Waals surface area contributed by atoms with Crippen LogP contribution in [0, 0.1) is 0 Å². The lowest BCUT2D eigenvalue weighted by atomic mass is 10.4. The lowest BCUT2D eigenvalue weighted by molar-refractivity contribution is -0.140. The van der Waals surface area contributed by atoms with Crippen molar-refractivity contribution in [1.82, 2.24) is 0 Å². The molecule has 1 unspecified atom stereocenters. The third kappa shape index (κ3) is 12.6. The van der Waals surface area contributed by atoms with Gasteiger partial charge in [-0.05, 0) is 13.8 Å². The summed E-state index contributed by atoms with van der Waals surface area (Å²) in [6, 6.07) is 0. The molecule has 0 amide bonds. The summed E-state index contributed by atoms with van der Waals surface area (Å²) < 4.78 is 14.0. The molecule has 1 rings (SSSR count). The highest BCUT2D eigenvalue weighted by atomic mass is 16.6. The van der Waals surface area contributed by atoms with Crippen LogP contribution in [0.3, 0.4) is 0 Å². The molecule has 5 heteroatoms. The molecule has 1 aliphatic heterocycles. The maximum absolute atomic E-state index is 10.7. The Balaban J connectivity index is 0. The van der Waals surface area contributed by atoms with Gasteiger partial charge in [-0.1, -0.05) is 14.0 Å². The lowest BCUT2D eigenvalue weighted by Gasteiger charge is -1.99. The predicted molar refractivity (Wildman–Crippen MR) is 64.6 cm³/mol. The van der Waals surface area contributed by atoms with Crippen molar-refractivity contribution >= 4 is 11.9 Å². The molecule has 0 N–H and O–H groups in total. The average molecular weight is 246 g/mol. The second-order valence-corrected chi connectivity index (χ2v) is 3.26. The van der Waals surface area contributed by atoms with Crippen LogP contribution in [0.5, 0.6) is 0 Å². The Labute approximate surface area is 103 Å². The smallest absolute Gasteiger partial charge is 0.333 e. The van der Waals surface area contributed by atoms with Crippen LogP contribution < -0.4 is 0 Å². The van der Waals surface area contributed by atoms with Crippen molar-refractivity contribution in [3.8, 4) is 0 Å². The van der Waals surface area contributed by atoms with Crippen molar-refractivity contribution in [2.45, 2.75) is 34.3 Å². The van der Waals surface area contributed by atoms with E-state index in [1.54, 1.807) is 13.8 Å². The summed E-state index contributed by atoms with van der Waals surface area (Å²) in [6.07, 6.45) is 0.142. The Morgan fingerprint density at radius 2 is 1.88 bits per heavy atom.